The first-order valence-electron chi connectivity index (χ1n) is 10.3. The van der Waals surface area contributed by atoms with Crippen LogP contribution in [0, 0.1) is 12.8 Å². The summed E-state index contributed by atoms with van der Waals surface area (Å²) in [6.45, 7) is 14.2. The van der Waals surface area contributed by atoms with Gasteiger partial charge in [-0.15, -0.1) is 0 Å². The second-order valence-corrected chi connectivity index (χ2v) is 7.63. The van der Waals surface area contributed by atoms with E-state index in [1.165, 1.54) is 5.69 Å². The van der Waals surface area contributed by atoms with E-state index in [-0.39, 0.29) is 11.8 Å². The summed E-state index contributed by atoms with van der Waals surface area (Å²) in [6, 6.07) is 6.21. The lowest BCUT2D eigenvalue weighted by Crippen LogP contribution is -2.40. The van der Waals surface area contributed by atoms with Gasteiger partial charge in [-0.2, -0.15) is 0 Å². The lowest BCUT2D eigenvalue weighted by molar-refractivity contribution is -0.132. The van der Waals surface area contributed by atoms with Gasteiger partial charge in [0.1, 0.15) is 0 Å². The van der Waals surface area contributed by atoms with Crippen molar-refractivity contribution in [3.63, 3.8) is 0 Å². The van der Waals surface area contributed by atoms with Gasteiger partial charge in [0, 0.05) is 57.4 Å². The third kappa shape index (κ3) is 5.47. The van der Waals surface area contributed by atoms with Crippen LogP contribution >= 0.6 is 0 Å². The Morgan fingerprint density at radius 3 is 2.30 bits per heavy atom. The van der Waals surface area contributed by atoms with Crippen LogP contribution in [0.25, 0.3) is 0 Å². The molecule has 1 heterocycles. The minimum Gasteiger partial charge on any atom is -0.372 e. The summed E-state index contributed by atoms with van der Waals surface area (Å²) in [6.07, 6.45) is 2.54. The smallest absolute Gasteiger partial charge is 0.224 e. The Kier molecular flexibility index (Phi) is 7.69. The van der Waals surface area contributed by atoms with Crippen LogP contribution in [-0.2, 0) is 9.59 Å². The molecule has 150 valence electrons. The van der Waals surface area contributed by atoms with Gasteiger partial charge in [-0.25, -0.2) is 0 Å². The molecule has 1 aliphatic heterocycles. The molecular weight excluding hydrogens is 338 g/mol. The minimum atomic E-state index is -0.0197. The zero-order valence-corrected chi connectivity index (χ0v) is 17.6. The van der Waals surface area contributed by atoms with Crippen molar-refractivity contribution in [3.05, 3.63) is 23.8 Å². The summed E-state index contributed by atoms with van der Waals surface area (Å²) in [5.41, 5.74) is 3.13. The number of hydrogen-bond donors (Lipinski definition) is 0. The van der Waals surface area contributed by atoms with Crippen LogP contribution in [0.15, 0.2) is 18.2 Å². The van der Waals surface area contributed by atoms with E-state index in [0.717, 1.165) is 50.3 Å². The summed E-state index contributed by atoms with van der Waals surface area (Å²) < 4.78 is 0. The fourth-order valence-corrected chi connectivity index (χ4v) is 3.80. The van der Waals surface area contributed by atoms with Gasteiger partial charge in [-0.3, -0.25) is 9.59 Å². The average Bonchev–Trinajstić information content (AvgIpc) is 2.64. The average molecular weight is 374 g/mol. The normalized spacial score (nSPS) is 14.9. The predicted octanol–water partition coefficient (Wildman–Crippen LogP) is 3.84. The number of anilines is 2. The number of hydrogen-bond acceptors (Lipinski definition) is 3. The van der Waals surface area contributed by atoms with E-state index in [1.54, 1.807) is 11.8 Å². The monoisotopic (exact) mass is 373 g/mol. The summed E-state index contributed by atoms with van der Waals surface area (Å²) in [7, 11) is 0. The quantitative estimate of drug-likeness (QED) is 0.729. The van der Waals surface area contributed by atoms with Gasteiger partial charge in [0.05, 0.1) is 0 Å². The van der Waals surface area contributed by atoms with Crippen molar-refractivity contribution in [2.45, 2.75) is 53.9 Å². The number of benzene rings is 1. The van der Waals surface area contributed by atoms with E-state index in [0.29, 0.717) is 18.9 Å². The van der Waals surface area contributed by atoms with E-state index >= 15 is 0 Å². The first-order valence-corrected chi connectivity index (χ1v) is 10.3. The topological polar surface area (TPSA) is 43.9 Å². The van der Waals surface area contributed by atoms with Crippen molar-refractivity contribution in [2.75, 3.05) is 42.5 Å². The molecule has 1 aliphatic rings. The number of carbonyl (C=O) groups excluding carboxylic acids is 2. The van der Waals surface area contributed by atoms with Crippen LogP contribution in [0.5, 0.6) is 0 Å². The molecule has 1 aromatic carbocycles. The second-order valence-electron chi connectivity index (χ2n) is 7.63. The third-order valence-electron chi connectivity index (χ3n) is 5.67. The standard InChI is InChI=1S/C22H35N3O2/c1-6-23(7-2)20-8-9-21(18(4)16-20)25(19(5)26)15-12-22(27)24-13-10-17(3)11-14-24/h8-9,16-17H,6-7,10-15H2,1-5H3. The van der Waals surface area contributed by atoms with Gasteiger partial charge >= 0.3 is 0 Å². The Labute approximate surface area is 164 Å². The van der Waals surface area contributed by atoms with Gasteiger partial charge in [0.15, 0.2) is 0 Å². The maximum absolute atomic E-state index is 12.6. The minimum absolute atomic E-state index is 0.0197. The van der Waals surface area contributed by atoms with E-state index < -0.39 is 0 Å². The van der Waals surface area contributed by atoms with Gasteiger partial charge in [-0.05, 0) is 63.3 Å². The van der Waals surface area contributed by atoms with Crippen molar-refractivity contribution < 1.29 is 9.59 Å². The Morgan fingerprint density at radius 1 is 1.15 bits per heavy atom. The Bertz CT molecular complexity index is 647. The first kappa shape index (κ1) is 21.3. The molecule has 0 spiro atoms. The maximum atomic E-state index is 12.6. The number of likely N-dealkylation sites (tertiary alicyclic amines) is 1. The fraction of sp³-hybridized carbons (Fsp3) is 0.636. The highest BCUT2D eigenvalue weighted by atomic mass is 16.2. The molecule has 2 rings (SSSR count). The molecule has 0 radical (unpaired) electrons. The van der Waals surface area contributed by atoms with Crippen molar-refractivity contribution in [1.29, 1.82) is 0 Å². The molecule has 2 amide bonds. The molecule has 5 heteroatoms. The predicted molar refractivity (Wildman–Crippen MR) is 112 cm³/mol. The zero-order chi connectivity index (χ0) is 20.0. The summed E-state index contributed by atoms with van der Waals surface area (Å²) >= 11 is 0. The zero-order valence-electron chi connectivity index (χ0n) is 17.6. The van der Waals surface area contributed by atoms with Gasteiger partial charge in [0.2, 0.25) is 11.8 Å². The Morgan fingerprint density at radius 2 is 1.78 bits per heavy atom. The van der Waals surface area contributed by atoms with E-state index in [1.807, 2.05) is 17.9 Å². The van der Waals surface area contributed by atoms with Gasteiger partial charge < -0.3 is 14.7 Å². The van der Waals surface area contributed by atoms with Gasteiger partial charge in [-0.1, -0.05) is 6.92 Å². The first-order chi connectivity index (χ1) is 12.9. The highest BCUT2D eigenvalue weighted by Crippen LogP contribution is 2.26. The molecule has 0 unspecified atom stereocenters. The molecule has 0 N–H and O–H groups in total. The van der Waals surface area contributed by atoms with E-state index in [4.69, 9.17) is 0 Å². The number of rotatable bonds is 7. The fourth-order valence-electron chi connectivity index (χ4n) is 3.80. The molecule has 27 heavy (non-hydrogen) atoms. The SMILES string of the molecule is CCN(CC)c1ccc(N(CCC(=O)N2CCC(C)CC2)C(C)=O)c(C)c1. The molecular formula is C22H35N3O2. The molecule has 0 aliphatic carbocycles. The molecule has 0 bridgehead atoms. The number of nitrogens with zero attached hydrogens (tertiary/aromatic N) is 3. The maximum Gasteiger partial charge on any atom is 0.224 e. The van der Waals surface area contributed by atoms with Crippen molar-refractivity contribution >= 4 is 23.2 Å². The van der Waals surface area contributed by atoms with Crippen LogP contribution < -0.4 is 9.80 Å². The summed E-state index contributed by atoms with van der Waals surface area (Å²) in [5, 5.41) is 0. The molecule has 1 fully saturated rings. The molecule has 0 aromatic heterocycles. The van der Waals surface area contributed by atoms with E-state index in [9.17, 15) is 9.59 Å². The van der Waals surface area contributed by atoms with Crippen LogP contribution in [0.3, 0.4) is 0 Å². The van der Waals surface area contributed by atoms with Crippen molar-refractivity contribution in [3.8, 4) is 0 Å². The van der Waals surface area contributed by atoms with Crippen LogP contribution in [0.4, 0.5) is 11.4 Å². The van der Waals surface area contributed by atoms with Crippen LogP contribution in [0.2, 0.25) is 0 Å². The summed E-state index contributed by atoms with van der Waals surface area (Å²) in [5.74, 6) is 0.842. The highest BCUT2D eigenvalue weighted by Gasteiger charge is 2.22. The molecule has 5 nitrogen and oxygen atoms in total. The molecule has 1 aromatic rings. The molecule has 0 saturated carbocycles. The number of amides is 2. The van der Waals surface area contributed by atoms with Crippen LogP contribution in [0.1, 0.15) is 52.5 Å². The largest absolute Gasteiger partial charge is 0.372 e. The number of aryl methyl sites for hydroxylation is 1. The lowest BCUT2D eigenvalue weighted by Gasteiger charge is -2.31. The number of piperidine rings is 1. The van der Waals surface area contributed by atoms with Crippen molar-refractivity contribution in [1.82, 2.24) is 4.90 Å². The molecule has 1 saturated heterocycles. The molecule has 0 atom stereocenters. The van der Waals surface area contributed by atoms with Gasteiger partial charge in [0.25, 0.3) is 0 Å². The Hall–Kier alpha value is -2.04. The van der Waals surface area contributed by atoms with Crippen molar-refractivity contribution in [2.24, 2.45) is 5.92 Å². The highest BCUT2D eigenvalue weighted by molar-refractivity contribution is 5.93. The Balaban J connectivity index is 2.06. The van der Waals surface area contributed by atoms with E-state index in [2.05, 4.69) is 37.8 Å². The lowest BCUT2D eigenvalue weighted by atomic mass is 9.99. The second kappa shape index (κ2) is 9.77. The van der Waals surface area contributed by atoms with Crippen LogP contribution in [-0.4, -0.2) is 49.4 Å². The number of carbonyl (C=O) groups is 2. The summed E-state index contributed by atoms with van der Waals surface area (Å²) in [4.78, 5) is 30.8. The third-order valence-corrected chi connectivity index (χ3v) is 5.67.